The van der Waals surface area contributed by atoms with E-state index in [1.165, 1.54) is 6.20 Å². The normalized spacial score (nSPS) is 14.6. The lowest BCUT2D eigenvalue weighted by Crippen LogP contribution is -2.46. The van der Waals surface area contributed by atoms with E-state index in [1.54, 1.807) is 30.2 Å². The summed E-state index contributed by atoms with van der Waals surface area (Å²) in [6.07, 6.45) is 4.18. The van der Waals surface area contributed by atoms with Crippen LogP contribution in [0.4, 0.5) is 10.6 Å². The summed E-state index contributed by atoms with van der Waals surface area (Å²) in [4.78, 5) is 34.3. The minimum Gasteiger partial charge on any atom is -0.450 e. The van der Waals surface area contributed by atoms with E-state index in [-0.39, 0.29) is 18.0 Å². The number of piperidine rings is 1. The predicted octanol–water partition coefficient (Wildman–Crippen LogP) is 2.08. The number of hydrogen-bond donors (Lipinski definition) is 2. The first kappa shape index (κ1) is 18.6. The van der Waals surface area contributed by atoms with Crippen LogP contribution in [0.2, 0.25) is 0 Å². The van der Waals surface area contributed by atoms with Crippen LogP contribution >= 0.6 is 0 Å². The van der Waals surface area contributed by atoms with Crippen molar-refractivity contribution in [1.29, 1.82) is 0 Å². The Bertz CT molecular complexity index is 801. The van der Waals surface area contributed by atoms with Gasteiger partial charge < -0.3 is 20.7 Å². The molecule has 0 saturated carbocycles. The molecule has 8 heteroatoms. The predicted molar refractivity (Wildman–Crippen MR) is 101 cm³/mol. The largest absolute Gasteiger partial charge is 0.450 e. The van der Waals surface area contributed by atoms with Crippen LogP contribution < -0.4 is 11.1 Å². The van der Waals surface area contributed by atoms with Crippen molar-refractivity contribution >= 4 is 17.8 Å². The van der Waals surface area contributed by atoms with Crippen molar-refractivity contribution in [1.82, 2.24) is 20.2 Å². The summed E-state index contributed by atoms with van der Waals surface area (Å²) in [5.74, 6) is 0.205. The number of likely N-dealkylation sites (tertiary alicyclic amines) is 1. The van der Waals surface area contributed by atoms with Gasteiger partial charge in [-0.05, 0) is 31.9 Å². The lowest BCUT2D eigenvalue weighted by atomic mass is 10.0. The minimum atomic E-state index is -0.292. The molecule has 0 bridgehead atoms. The van der Waals surface area contributed by atoms with Crippen molar-refractivity contribution < 1.29 is 14.3 Å². The number of aromatic nitrogens is 2. The molecular formula is C19H23N5O3. The fourth-order valence-corrected chi connectivity index (χ4v) is 3.00. The zero-order valence-electron chi connectivity index (χ0n) is 15.2. The number of rotatable bonds is 4. The van der Waals surface area contributed by atoms with Gasteiger partial charge >= 0.3 is 6.09 Å². The number of ether oxygens (including phenoxy) is 1. The van der Waals surface area contributed by atoms with Crippen LogP contribution in [0.15, 0.2) is 36.7 Å². The lowest BCUT2D eigenvalue weighted by molar-refractivity contribution is 0.0860. The molecule has 1 fully saturated rings. The van der Waals surface area contributed by atoms with Gasteiger partial charge in [0.1, 0.15) is 5.82 Å². The number of nitrogens with zero attached hydrogens (tertiary/aromatic N) is 3. The second-order valence-electron chi connectivity index (χ2n) is 6.34. The molecule has 3 rings (SSSR count). The molecule has 1 aromatic carbocycles. The second-order valence-corrected chi connectivity index (χ2v) is 6.34. The molecule has 1 aromatic heterocycles. The van der Waals surface area contributed by atoms with Crippen LogP contribution in [-0.2, 0) is 4.74 Å². The maximum absolute atomic E-state index is 12.6. The summed E-state index contributed by atoms with van der Waals surface area (Å²) < 4.78 is 5.01. The molecule has 1 aliphatic rings. The number of amides is 2. The Labute approximate surface area is 157 Å². The second kappa shape index (κ2) is 8.48. The number of carbonyl (C=O) groups is 2. The smallest absolute Gasteiger partial charge is 0.409 e. The third-order valence-corrected chi connectivity index (χ3v) is 4.45. The van der Waals surface area contributed by atoms with Crippen molar-refractivity contribution in [2.45, 2.75) is 25.8 Å². The Kier molecular flexibility index (Phi) is 5.85. The molecule has 0 aliphatic carbocycles. The van der Waals surface area contributed by atoms with Gasteiger partial charge in [-0.15, -0.1) is 0 Å². The summed E-state index contributed by atoms with van der Waals surface area (Å²) in [7, 11) is 0. The highest BCUT2D eigenvalue weighted by molar-refractivity contribution is 5.95. The standard InChI is InChI=1S/C19H23N5O3/c1-2-27-19(26)24-8-6-15(7-9-24)23-18(25)14-5-3-4-13(10-14)16-11-22-17(20)12-21-16/h3-5,10-12,15H,2,6-9H2,1H3,(H2,20,22)(H,23,25). The number of nitrogens with two attached hydrogens (primary N) is 1. The van der Waals surface area contributed by atoms with E-state index in [1.807, 2.05) is 12.1 Å². The van der Waals surface area contributed by atoms with Crippen LogP contribution in [0.25, 0.3) is 11.3 Å². The molecule has 1 saturated heterocycles. The first-order chi connectivity index (χ1) is 13.1. The Morgan fingerprint density at radius 1 is 1.26 bits per heavy atom. The maximum Gasteiger partial charge on any atom is 0.409 e. The van der Waals surface area contributed by atoms with Gasteiger partial charge in [0.2, 0.25) is 0 Å². The van der Waals surface area contributed by atoms with E-state index in [0.717, 1.165) is 5.56 Å². The van der Waals surface area contributed by atoms with Gasteiger partial charge in [-0.2, -0.15) is 0 Å². The highest BCUT2D eigenvalue weighted by atomic mass is 16.6. The zero-order valence-corrected chi connectivity index (χ0v) is 15.2. The number of hydrogen-bond acceptors (Lipinski definition) is 6. The number of nitrogens with one attached hydrogen (secondary N) is 1. The third kappa shape index (κ3) is 4.72. The third-order valence-electron chi connectivity index (χ3n) is 4.45. The van der Waals surface area contributed by atoms with E-state index < -0.39 is 0 Å². The van der Waals surface area contributed by atoms with Gasteiger partial charge in [-0.1, -0.05) is 12.1 Å². The van der Waals surface area contributed by atoms with Crippen LogP contribution in [0.5, 0.6) is 0 Å². The molecule has 3 N–H and O–H groups in total. The number of benzene rings is 1. The van der Waals surface area contributed by atoms with Gasteiger partial charge in [0.25, 0.3) is 5.91 Å². The number of nitrogen functional groups attached to an aromatic ring is 1. The molecule has 1 aliphatic heterocycles. The van der Waals surface area contributed by atoms with Crippen molar-refractivity contribution in [2.75, 3.05) is 25.4 Å². The molecule has 0 radical (unpaired) electrons. The minimum absolute atomic E-state index is 0.0307. The van der Waals surface area contributed by atoms with Gasteiger partial charge in [-0.25, -0.2) is 9.78 Å². The monoisotopic (exact) mass is 369 g/mol. The average molecular weight is 369 g/mol. The Morgan fingerprint density at radius 2 is 2.04 bits per heavy atom. The van der Waals surface area contributed by atoms with Crippen LogP contribution in [0, 0.1) is 0 Å². The van der Waals surface area contributed by atoms with Crippen molar-refractivity contribution in [3.8, 4) is 11.3 Å². The van der Waals surface area contributed by atoms with Gasteiger partial charge in [0.15, 0.2) is 0 Å². The highest BCUT2D eigenvalue weighted by Crippen LogP contribution is 2.18. The highest BCUT2D eigenvalue weighted by Gasteiger charge is 2.24. The van der Waals surface area contributed by atoms with E-state index >= 15 is 0 Å². The lowest BCUT2D eigenvalue weighted by Gasteiger charge is -2.31. The molecule has 2 amide bonds. The molecule has 0 atom stereocenters. The molecule has 2 heterocycles. The fourth-order valence-electron chi connectivity index (χ4n) is 3.00. The van der Waals surface area contributed by atoms with E-state index in [4.69, 9.17) is 10.5 Å². The van der Waals surface area contributed by atoms with Crippen LogP contribution in [0.3, 0.4) is 0 Å². The van der Waals surface area contributed by atoms with Gasteiger partial charge in [0, 0.05) is 30.3 Å². The summed E-state index contributed by atoms with van der Waals surface area (Å²) in [5.41, 5.74) is 7.57. The molecule has 0 unspecified atom stereocenters. The first-order valence-corrected chi connectivity index (χ1v) is 8.97. The van der Waals surface area contributed by atoms with Crippen molar-refractivity contribution in [3.63, 3.8) is 0 Å². The maximum atomic E-state index is 12.6. The Hall–Kier alpha value is -3.16. The van der Waals surface area contributed by atoms with Gasteiger partial charge in [0.05, 0.1) is 24.7 Å². The molecule has 2 aromatic rings. The molecular weight excluding hydrogens is 346 g/mol. The van der Waals surface area contributed by atoms with E-state index in [0.29, 0.717) is 49.6 Å². The average Bonchev–Trinajstić information content (AvgIpc) is 2.69. The molecule has 27 heavy (non-hydrogen) atoms. The summed E-state index contributed by atoms with van der Waals surface area (Å²) in [6, 6.07) is 7.25. The summed E-state index contributed by atoms with van der Waals surface area (Å²) in [6.45, 7) is 3.30. The number of anilines is 1. The van der Waals surface area contributed by atoms with Crippen LogP contribution in [0.1, 0.15) is 30.1 Å². The molecule has 142 valence electrons. The Morgan fingerprint density at radius 3 is 2.70 bits per heavy atom. The zero-order chi connectivity index (χ0) is 19.2. The van der Waals surface area contributed by atoms with Crippen molar-refractivity contribution in [2.24, 2.45) is 0 Å². The molecule has 0 spiro atoms. The topological polar surface area (TPSA) is 110 Å². The number of carbonyl (C=O) groups excluding carboxylic acids is 2. The van der Waals surface area contributed by atoms with Gasteiger partial charge in [-0.3, -0.25) is 9.78 Å². The van der Waals surface area contributed by atoms with E-state index in [2.05, 4.69) is 15.3 Å². The molecule has 8 nitrogen and oxygen atoms in total. The fraction of sp³-hybridized carbons (Fsp3) is 0.368. The van der Waals surface area contributed by atoms with Crippen molar-refractivity contribution in [3.05, 3.63) is 42.2 Å². The van der Waals surface area contributed by atoms with E-state index in [9.17, 15) is 9.59 Å². The quantitative estimate of drug-likeness (QED) is 0.854. The first-order valence-electron chi connectivity index (χ1n) is 8.97. The SMILES string of the molecule is CCOC(=O)N1CCC(NC(=O)c2cccc(-c3cnc(N)cn3)c2)CC1. The van der Waals surface area contributed by atoms with Crippen LogP contribution in [-0.4, -0.2) is 52.6 Å². The Balaban J connectivity index is 1.60. The summed E-state index contributed by atoms with van der Waals surface area (Å²) >= 11 is 0. The summed E-state index contributed by atoms with van der Waals surface area (Å²) in [5, 5.41) is 3.04.